The van der Waals surface area contributed by atoms with Crippen LogP contribution in [0.2, 0.25) is 0 Å². The highest BCUT2D eigenvalue weighted by Gasteiger charge is 2.06. The van der Waals surface area contributed by atoms with E-state index in [0.29, 0.717) is 25.9 Å². The minimum absolute atomic E-state index is 0.253. The summed E-state index contributed by atoms with van der Waals surface area (Å²) in [6, 6.07) is 2.45. The lowest BCUT2D eigenvalue weighted by atomic mass is 10.2. The van der Waals surface area contributed by atoms with Crippen molar-refractivity contribution < 1.29 is 13.9 Å². The highest BCUT2D eigenvalue weighted by molar-refractivity contribution is 5.16. The van der Waals surface area contributed by atoms with Crippen molar-refractivity contribution in [2.75, 3.05) is 13.2 Å². The molecule has 0 saturated heterocycles. The van der Waals surface area contributed by atoms with Crippen LogP contribution in [0.3, 0.4) is 0 Å². The number of rotatable bonds is 9. The van der Waals surface area contributed by atoms with Gasteiger partial charge in [-0.15, -0.1) is 0 Å². The number of ether oxygens (including phenoxy) is 2. The summed E-state index contributed by atoms with van der Waals surface area (Å²) in [5, 5.41) is 3.36. The first-order valence-electron chi connectivity index (χ1n) is 6.57. The van der Waals surface area contributed by atoms with Crippen molar-refractivity contribution in [3.8, 4) is 0 Å². The topological polar surface area (TPSA) is 43.6 Å². The zero-order chi connectivity index (χ0) is 13.4. The number of hydrogen-bond acceptors (Lipinski definition) is 4. The summed E-state index contributed by atoms with van der Waals surface area (Å²) < 4.78 is 16.4. The predicted octanol–water partition coefficient (Wildman–Crippen LogP) is 2.72. The Labute approximate surface area is 110 Å². The molecule has 1 heterocycles. The molecule has 0 unspecified atom stereocenters. The molecule has 0 aromatic carbocycles. The largest absolute Gasteiger partial charge is 0.467 e. The molecule has 4 nitrogen and oxygen atoms in total. The Balaban J connectivity index is 2.23. The third-order valence-corrected chi connectivity index (χ3v) is 2.45. The highest BCUT2D eigenvalue weighted by Crippen LogP contribution is 2.11. The van der Waals surface area contributed by atoms with E-state index in [9.17, 15) is 0 Å². The van der Waals surface area contributed by atoms with E-state index in [2.05, 4.69) is 19.2 Å². The fourth-order valence-electron chi connectivity index (χ4n) is 1.47. The molecule has 1 N–H and O–H groups in total. The Morgan fingerprint density at radius 3 is 2.67 bits per heavy atom. The molecule has 0 bridgehead atoms. The van der Waals surface area contributed by atoms with Crippen LogP contribution in [0.25, 0.3) is 0 Å². The van der Waals surface area contributed by atoms with E-state index in [0.717, 1.165) is 17.9 Å². The summed E-state index contributed by atoms with van der Waals surface area (Å²) in [4.78, 5) is 0. The first-order valence-corrected chi connectivity index (χ1v) is 6.57. The van der Waals surface area contributed by atoms with Crippen molar-refractivity contribution in [2.45, 2.75) is 53.0 Å². The van der Waals surface area contributed by atoms with Gasteiger partial charge < -0.3 is 19.2 Å². The Hall–Kier alpha value is -0.840. The van der Waals surface area contributed by atoms with Crippen molar-refractivity contribution in [2.24, 2.45) is 0 Å². The van der Waals surface area contributed by atoms with Gasteiger partial charge in [-0.25, -0.2) is 0 Å². The second-order valence-electron chi connectivity index (χ2n) is 4.88. The van der Waals surface area contributed by atoms with Gasteiger partial charge in [-0.05, 0) is 19.9 Å². The van der Waals surface area contributed by atoms with Gasteiger partial charge >= 0.3 is 0 Å². The van der Waals surface area contributed by atoms with Crippen LogP contribution >= 0.6 is 0 Å². The highest BCUT2D eigenvalue weighted by atomic mass is 16.5. The Bertz CT molecular complexity index is 321. The van der Waals surface area contributed by atoms with Gasteiger partial charge in [0.2, 0.25) is 0 Å². The molecule has 0 aliphatic heterocycles. The van der Waals surface area contributed by atoms with E-state index >= 15 is 0 Å². The Morgan fingerprint density at radius 2 is 2.00 bits per heavy atom. The van der Waals surface area contributed by atoms with Crippen molar-refractivity contribution >= 4 is 0 Å². The van der Waals surface area contributed by atoms with Gasteiger partial charge in [-0.1, -0.05) is 13.8 Å². The summed E-state index contributed by atoms with van der Waals surface area (Å²) in [7, 11) is 0. The minimum atomic E-state index is 0.253. The lowest BCUT2D eigenvalue weighted by Gasteiger charge is -2.09. The van der Waals surface area contributed by atoms with Gasteiger partial charge in [0.05, 0.1) is 25.6 Å². The van der Waals surface area contributed by atoms with Gasteiger partial charge in [0, 0.05) is 18.2 Å². The average Bonchev–Trinajstić information content (AvgIpc) is 2.73. The van der Waals surface area contributed by atoms with Crippen LogP contribution in [0.15, 0.2) is 16.7 Å². The van der Waals surface area contributed by atoms with Crippen molar-refractivity contribution in [1.82, 2.24) is 5.32 Å². The van der Waals surface area contributed by atoms with Crippen molar-refractivity contribution in [1.29, 1.82) is 0 Å². The molecule has 0 aliphatic carbocycles. The minimum Gasteiger partial charge on any atom is -0.467 e. The first-order chi connectivity index (χ1) is 8.59. The average molecular weight is 255 g/mol. The van der Waals surface area contributed by atoms with Crippen LogP contribution in [-0.2, 0) is 22.6 Å². The van der Waals surface area contributed by atoms with E-state index in [1.54, 1.807) is 6.26 Å². The Kier molecular flexibility index (Phi) is 7.01. The molecule has 0 radical (unpaired) electrons. The van der Waals surface area contributed by atoms with E-state index in [1.165, 1.54) is 0 Å². The van der Waals surface area contributed by atoms with Crippen LogP contribution in [0.4, 0.5) is 0 Å². The van der Waals surface area contributed by atoms with Gasteiger partial charge in [0.25, 0.3) is 0 Å². The maximum absolute atomic E-state index is 5.53. The SMILES string of the molecule is CC(C)NCc1ccoc1COCCOC(C)C. The Morgan fingerprint density at radius 1 is 1.22 bits per heavy atom. The third kappa shape index (κ3) is 6.19. The van der Waals surface area contributed by atoms with E-state index in [1.807, 2.05) is 19.9 Å². The fourth-order valence-corrected chi connectivity index (χ4v) is 1.47. The van der Waals surface area contributed by atoms with Gasteiger partial charge in [0.1, 0.15) is 12.4 Å². The molecule has 0 atom stereocenters. The maximum atomic E-state index is 5.53. The smallest absolute Gasteiger partial charge is 0.133 e. The van der Waals surface area contributed by atoms with E-state index in [4.69, 9.17) is 13.9 Å². The summed E-state index contributed by atoms with van der Waals surface area (Å²) in [6.07, 6.45) is 1.96. The van der Waals surface area contributed by atoms with Crippen molar-refractivity contribution in [3.05, 3.63) is 23.7 Å². The first kappa shape index (κ1) is 15.2. The molecule has 104 valence electrons. The number of furan rings is 1. The lowest BCUT2D eigenvalue weighted by molar-refractivity contribution is 0.0101. The molecule has 1 aromatic heterocycles. The maximum Gasteiger partial charge on any atom is 0.133 e. The van der Waals surface area contributed by atoms with Crippen LogP contribution in [0.1, 0.15) is 39.0 Å². The molecule has 1 aromatic rings. The lowest BCUT2D eigenvalue weighted by Crippen LogP contribution is -2.22. The van der Waals surface area contributed by atoms with Crippen LogP contribution in [0.5, 0.6) is 0 Å². The second kappa shape index (κ2) is 8.29. The van der Waals surface area contributed by atoms with E-state index in [-0.39, 0.29) is 6.10 Å². The molecular weight excluding hydrogens is 230 g/mol. The van der Waals surface area contributed by atoms with Crippen LogP contribution in [0, 0.1) is 0 Å². The summed E-state index contributed by atoms with van der Waals surface area (Å²) in [6.45, 7) is 10.8. The van der Waals surface area contributed by atoms with Gasteiger partial charge in [0.15, 0.2) is 0 Å². The second-order valence-corrected chi connectivity index (χ2v) is 4.88. The molecule has 0 amide bonds. The van der Waals surface area contributed by atoms with E-state index < -0.39 is 0 Å². The van der Waals surface area contributed by atoms with Crippen LogP contribution < -0.4 is 5.32 Å². The van der Waals surface area contributed by atoms with Gasteiger partial charge in [-0.2, -0.15) is 0 Å². The quantitative estimate of drug-likeness (QED) is 0.689. The molecular formula is C14H25NO3. The number of hydrogen-bond donors (Lipinski definition) is 1. The molecule has 0 saturated carbocycles. The zero-order valence-corrected chi connectivity index (χ0v) is 11.9. The molecule has 4 heteroatoms. The fraction of sp³-hybridized carbons (Fsp3) is 0.714. The molecule has 0 aliphatic rings. The molecule has 0 spiro atoms. The normalized spacial score (nSPS) is 11.7. The summed E-state index contributed by atoms with van der Waals surface area (Å²) >= 11 is 0. The standard InChI is InChI=1S/C14H25NO3/c1-11(2)15-9-13-5-6-18-14(13)10-16-7-8-17-12(3)4/h5-6,11-12,15H,7-10H2,1-4H3. The van der Waals surface area contributed by atoms with Crippen LogP contribution in [-0.4, -0.2) is 25.4 Å². The van der Waals surface area contributed by atoms with Crippen molar-refractivity contribution in [3.63, 3.8) is 0 Å². The number of nitrogens with one attached hydrogen (secondary N) is 1. The molecule has 18 heavy (non-hydrogen) atoms. The summed E-state index contributed by atoms with van der Waals surface area (Å²) in [5.41, 5.74) is 1.16. The monoisotopic (exact) mass is 255 g/mol. The summed E-state index contributed by atoms with van der Waals surface area (Å²) in [5.74, 6) is 0.896. The predicted molar refractivity (Wildman–Crippen MR) is 71.4 cm³/mol. The third-order valence-electron chi connectivity index (χ3n) is 2.45. The molecule has 0 fully saturated rings. The molecule has 1 rings (SSSR count). The van der Waals surface area contributed by atoms with Gasteiger partial charge in [-0.3, -0.25) is 0 Å². The zero-order valence-electron chi connectivity index (χ0n) is 11.9.